The minimum absolute atomic E-state index is 0.725. The highest BCUT2D eigenvalue weighted by atomic mass is 127. The van der Waals surface area contributed by atoms with Gasteiger partial charge in [0, 0.05) is 12.1 Å². The van der Waals surface area contributed by atoms with E-state index in [1.165, 1.54) is 25.7 Å². The predicted octanol–water partition coefficient (Wildman–Crippen LogP) is 12.4. The van der Waals surface area contributed by atoms with Gasteiger partial charge >= 0.3 is 0 Å². The topological polar surface area (TPSA) is 36.9 Å². The molecule has 0 aliphatic heterocycles. The molecule has 0 saturated heterocycles. The Bertz CT molecular complexity index is 1150. The quantitative estimate of drug-likeness (QED) is 0.0388. The minimum Gasteiger partial charge on any atom is -0.493 e. The molecule has 0 heterocycles. The maximum absolute atomic E-state index is 6.08. The van der Waals surface area contributed by atoms with E-state index in [1.54, 1.807) is 0 Å². The number of ether oxygens (including phenoxy) is 4. The summed E-state index contributed by atoms with van der Waals surface area (Å²) in [5, 5.41) is 0. The van der Waals surface area contributed by atoms with Gasteiger partial charge in [-0.05, 0) is 116 Å². The first-order chi connectivity index (χ1) is 22.6. The van der Waals surface area contributed by atoms with Crippen molar-refractivity contribution in [3.05, 3.63) is 82.9 Å². The first-order valence-corrected chi connectivity index (χ1v) is 22.2. The smallest absolute Gasteiger partial charge is 0.123 e. The number of hydrogen-bond acceptors (Lipinski definition) is 4. The summed E-state index contributed by atoms with van der Waals surface area (Å²) in [6, 6.07) is 21.0. The third kappa shape index (κ3) is 17.1. The molecule has 0 aromatic heterocycles. The average Bonchev–Trinajstić information content (AvgIpc) is 3.07. The second kappa shape index (κ2) is 25.3. The molecule has 4 nitrogen and oxygen atoms in total. The minimum atomic E-state index is 0.725. The van der Waals surface area contributed by atoms with E-state index >= 15 is 0 Å². The molecule has 0 atom stereocenters. The van der Waals surface area contributed by atoms with Gasteiger partial charge in [-0.1, -0.05) is 139 Å². The molecule has 8 heteroatoms. The number of unbranched alkanes of at least 4 members (excludes halogenated alkanes) is 4. The lowest BCUT2D eigenvalue weighted by molar-refractivity contribution is 0.294. The summed E-state index contributed by atoms with van der Waals surface area (Å²) < 4.78 is 28.9. The Balaban J connectivity index is 1.68. The highest BCUT2D eigenvalue weighted by molar-refractivity contribution is 14.1. The van der Waals surface area contributed by atoms with Crippen molar-refractivity contribution in [2.75, 3.05) is 44.1 Å². The first kappa shape index (κ1) is 39.7. The average molecular weight is 1070 g/mol. The maximum Gasteiger partial charge on any atom is 0.123 e. The van der Waals surface area contributed by atoms with E-state index in [2.05, 4.69) is 163 Å². The van der Waals surface area contributed by atoms with E-state index in [0.717, 1.165) is 115 Å². The lowest BCUT2D eigenvalue weighted by Gasteiger charge is -2.11. The fourth-order valence-electron chi connectivity index (χ4n) is 4.36. The Labute approximate surface area is 331 Å². The van der Waals surface area contributed by atoms with Crippen LogP contribution in [0.25, 0.3) is 24.3 Å². The molecule has 0 saturated carbocycles. The van der Waals surface area contributed by atoms with Crippen molar-refractivity contribution < 1.29 is 18.9 Å². The Kier molecular flexibility index (Phi) is 21.8. The van der Waals surface area contributed by atoms with Crippen LogP contribution >= 0.6 is 90.4 Å². The second-order valence-electron chi connectivity index (χ2n) is 10.8. The summed E-state index contributed by atoms with van der Waals surface area (Å²) in [4.78, 5) is 0. The molecule has 3 aromatic rings. The van der Waals surface area contributed by atoms with Gasteiger partial charge in [-0.2, -0.15) is 0 Å². The van der Waals surface area contributed by atoms with Crippen LogP contribution < -0.4 is 18.9 Å². The molecule has 0 spiro atoms. The summed E-state index contributed by atoms with van der Waals surface area (Å²) in [7, 11) is 0. The molecular weight excluding hydrogens is 1030 g/mol. The summed E-state index contributed by atoms with van der Waals surface area (Å²) in [6.07, 6.45) is 17.4. The lowest BCUT2D eigenvalue weighted by atomic mass is 10.1. The van der Waals surface area contributed by atoms with Gasteiger partial charge in [0.25, 0.3) is 0 Å². The van der Waals surface area contributed by atoms with Gasteiger partial charge in [0.1, 0.15) is 23.0 Å². The molecule has 0 bridgehead atoms. The molecule has 250 valence electrons. The zero-order chi connectivity index (χ0) is 32.7. The van der Waals surface area contributed by atoms with Crippen LogP contribution in [0.5, 0.6) is 23.0 Å². The summed E-state index contributed by atoms with van der Waals surface area (Å²) >= 11 is 9.66. The lowest BCUT2D eigenvalue weighted by Crippen LogP contribution is -2.01. The Morgan fingerprint density at radius 2 is 0.609 bits per heavy atom. The number of halogens is 4. The number of benzene rings is 3. The molecule has 3 rings (SSSR count). The predicted molar refractivity (Wildman–Crippen MR) is 232 cm³/mol. The normalized spacial score (nSPS) is 11.4. The van der Waals surface area contributed by atoms with Crippen molar-refractivity contribution in [1.29, 1.82) is 0 Å². The van der Waals surface area contributed by atoms with Gasteiger partial charge in [-0.15, -0.1) is 0 Å². The standard InChI is InChI=1S/C38H46I4O4/c39-17-1-5-21-43-35-25-33(26-36(29-35)44-22-6-2-18-40)15-13-31-9-11-32(12-10-31)14-16-34-27-37(45-23-7-3-19-41)30-38(28-34)46-24-8-4-20-42/h9-16,25-30H,1-8,17-24H2/b15-13+,16-14+. The first-order valence-electron chi connectivity index (χ1n) is 16.1. The van der Waals surface area contributed by atoms with E-state index in [0.29, 0.717) is 0 Å². The summed E-state index contributed by atoms with van der Waals surface area (Å²) in [5.74, 6) is 3.46. The maximum atomic E-state index is 6.08. The Morgan fingerprint density at radius 1 is 0.348 bits per heavy atom. The van der Waals surface area contributed by atoms with Crippen molar-refractivity contribution in [2.24, 2.45) is 0 Å². The fourth-order valence-corrected chi connectivity index (χ4v) is 6.52. The second-order valence-corrected chi connectivity index (χ2v) is 15.1. The van der Waals surface area contributed by atoms with Crippen LogP contribution in [0.15, 0.2) is 60.7 Å². The van der Waals surface area contributed by atoms with Crippen LogP contribution in [-0.4, -0.2) is 44.1 Å². The summed E-state index contributed by atoms with van der Waals surface area (Å²) in [5.41, 5.74) is 4.42. The number of rotatable bonds is 24. The van der Waals surface area contributed by atoms with Gasteiger partial charge in [0.05, 0.1) is 26.4 Å². The van der Waals surface area contributed by atoms with Crippen molar-refractivity contribution in [3.8, 4) is 23.0 Å². The Morgan fingerprint density at radius 3 is 0.870 bits per heavy atom. The molecule has 0 aliphatic rings. The molecule has 46 heavy (non-hydrogen) atoms. The largest absolute Gasteiger partial charge is 0.493 e. The van der Waals surface area contributed by atoms with Crippen LogP contribution in [0.2, 0.25) is 0 Å². The van der Waals surface area contributed by atoms with Crippen molar-refractivity contribution in [2.45, 2.75) is 51.4 Å². The molecule has 0 amide bonds. The number of alkyl halides is 4. The van der Waals surface area contributed by atoms with E-state index in [9.17, 15) is 0 Å². The van der Waals surface area contributed by atoms with Crippen molar-refractivity contribution in [3.63, 3.8) is 0 Å². The zero-order valence-electron chi connectivity index (χ0n) is 26.5. The molecule has 0 unspecified atom stereocenters. The van der Waals surface area contributed by atoms with Crippen LogP contribution in [-0.2, 0) is 0 Å². The van der Waals surface area contributed by atoms with Gasteiger partial charge in [-0.3, -0.25) is 0 Å². The molecular formula is C38H46I4O4. The summed E-state index contributed by atoms with van der Waals surface area (Å²) in [6.45, 7) is 2.90. The molecule has 0 aliphatic carbocycles. The Hall–Kier alpha value is -0.740. The van der Waals surface area contributed by atoms with Gasteiger partial charge in [0.2, 0.25) is 0 Å². The van der Waals surface area contributed by atoms with Crippen LogP contribution in [0.1, 0.15) is 73.6 Å². The number of hydrogen-bond donors (Lipinski definition) is 0. The molecule has 0 N–H and O–H groups in total. The highest BCUT2D eigenvalue weighted by Gasteiger charge is 2.05. The zero-order valence-corrected chi connectivity index (χ0v) is 35.2. The van der Waals surface area contributed by atoms with E-state index in [-0.39, 0.29) is 0 Å². The van der Waals surface area contributed by atoms with E-state index < -0.39 is 0 Å². The van der Waals surface area contributed by atoms with Crippen LogP contribution in [0.3, 0.4) is 0 Å². The van der Waals surface area contributed by atoms with Gasteiger partial charge in [-0.25, -0.2) is 0 Å². The molecule has 3 aromatic carbocycles. The van der Waals surface area contributed by atoms with Crippen LogP contribution in [0.4, 0.5) is 0 Å². The highest BCUT2D eigenvalue weighted by Crippen LogP contribution is 2.27. The van der Waals surface area contributed by atoms with Crippen molar-refractivity contribution in [1.82, 2.24) is 0 Å². The van der Waals surface area contributed by atoms with Gasteiger partial charge < -0.3 is 18.9 Å². The van der Waals surface area contributed by atoms with E-state index in [4.69, 9.17) is 18.9 Å². The monoisotopic (exact) mass is 1070 g/mol. The third-order valence-electron chi connectivity index (χ3n) is 6.86. The van der Waals surface area contributed by atoms with Gasteiger partial charge in [0.15, 0.2) is 0 Å². The third-order valence-corrected chi connectivity index (χ3v) is 9.92. The molecule has 0 fully saturated rings. The molecule has 0 radical (unpaired) electrons. The fraction of sp³-hybridized carbons (Fsp3) is 0.421. The van der Waals surface area contributed by atoms with Crippen molar-refractivity contribution >= 4 is 115 Å². The van der Waals surface area contributed by atoms with Crippen LogP contribution in [0, 0.1) is 0 Å². The SMILES string of the molecule is ICCCCOc1cc(/C=C/c2ccc(/C=C/c3cc(OCCCCI)cc(OCCCCI)c3)cc2)cc(OCCCCI)c1. The van der Waals surface area contributed by atoms with E-state index in [1.807, 2.05) is 12.1 Å².